The minimum Gasteiger partial charge on any atom is -0.321 e. The zero-order valence-electron chi connectivity index (χ0n) is 18.4. The van der Waals surface area contributed by atoms with Crippen molar-refractivity contribution in [1.29, 1.82) is 5.26 Å². The van der Waals surface area contributed by atoms with Crippen molar-refractivity contribution in [2.45, 2.75) is 25.5 Å². The number of benzene rings is 3. The van der Waals surface area contributed by atoms with E-state index in [1.807, 2.05) is 86.6 Å². The van der Waals surface area contributed by atoms with E-state index in [0.717, 1.165) is 16.7 Å². The van der Waals surface area contributed by atoms with Crippen LogP contribution in [0.25, 0.3) is 0 Å². The summed E-state index contributed by atoms with van der Waals surface area (Å²) in [6.07, 6.45) is 0.508. The van der Waals surface area contributed by atoms with Crippen LogP contribution < -0.4 is 10.2 Å². The van der Waals surface area contributed by atoms with Crippen LogP contribution in [0.3, 0.4) is 0 Å². The van der Waals surface area contributed by atoms with Crippen molar-refractivity contribution in [3.63, 3.8) is 0 Å². The lowest BCUT2D eigenvalue weighted by Crippen LogP contribution is -2.31. The molecule has 1 heterocycles. The molecule has 0 bridgehead atoms. The second-order valence-electron chi connectivity index (χ2n) is 7.82. The van der Waals surface area contributed by atoms with Gasteiger partial charge in [-0.2, -0.15) is 5.26 Å². The molecule has 0 radical (unpaired) electrons. The molecule has 1 aliphatic rings. The third-order valence-electron chi connectivity index (χ3n) is 5.52. The van der Waals surface area contributed by atoms with E-state index in [-0.39, 0.29) is 11.5 Å². The summed E-state index contributed by atoms with van der Waals surface area (Å²) in [6.45, 7) is 3.80. The predicted octanol–water partition coefficient (Wildman–Crippen LogP) is 5.37. The van der Waals surface area contributed by atoms with Gasteiger partial charge in [-0.1, -0.05) is 78.5 Å². The fourth-order valence-corrected chi connectivity index (χ4v) is 5.05. The van der Waals surface area contributed by atoms with Crippen LogP contribution in [-0.4, -0.2) is 17.1 Å². The van der Waals surface area contributed by atoms with Crippen LogP contribution in [0, 0.1) is 25.2 Å². The van der Waals surface area contributed by atoms with Gasteiger partial charge in [0, 0.05) is 5.69 Å². The topological polar surface area (TPSA) is 73.2 Å². The summed E-state index contributed by atoms with van der Waals surface area (Å²) in [5, 5.41) is 12.7. The first-order valence-corrected chi connectivity index (χ1v) is 11.5. The largest absolute Gasteiger partial charge is 0.321 e. The molecule has 0 aliphatic carbocycles. The molecule has 1 unspecified atom stereocenters. The van der Waals surface area contributed by atoms with E-state index in [1.165, 1.54) is 16.7 Å². The Kier molecular flexibility index (Phi) is 6.62. The SMILES string of the molecule is Cc1ccccc1NC(=O)/C(C#N)=C1\SC(Cc2ccccc2)C(=O)N1c1ccccc1C. The Hall–Kier alpha value is -3.82. The van der Waals surface area contributed by atoms with Crippen molar-refractivity contribution in [1.82, 2.24) is 0 Å². The third kappa shape index (κ3) is 4.69. The summed E-state index contributed by atoms with van der Waals surface area (Å²) in [5.74, 6) is -0.661. The van der Waals surface area contributed by atoms with E-state index < -0.39 is 11.2 Å². The van der Waals surface area contributed by atoms with Crippen molar-refractivity contribution < 1.29 is 9.59 Å². The molecule has 0 aromatic heterocycles. The number of aryl methyl sites for hydroxylation is 2. The van der Waals surface area contributed by atoms with Crippen molar-refractivity contribution in [3.05, 3.63) is 106 Å². The molecule has 3 aromatic carbocycles. The number of hydrogen-bond acceptors (Lipinski definition) is 4. The molecule has 1 N–H and O–H groups in total. The minimum absolute atomic E-state index is 0.0737. The molecule has 1 fully saturated rings. The van der Waals surface area contributed by atoms with E-state index in [0.29, 0.717) is 22.8 Å². The summed E-state index contributed by atoms with van der Waals surface area (Å²) in [5.41, 5.74) is 4.04. The van der Waals surface area contributed by atoms with Crippen LogP contribution in [0.5, 0.6) is 0 Å². The van der Waals surface area contributed by atoms with E-state index in [2.05, 4.69) is 11.4 Å². The van der Waals surface area contributed by atoms with Gasteiger partial charge in [0.05, 0.1) is 10.9 Å². The highest BCUT2D eigenvalue weighted by Gasteiger charge is 2.41. The maximum absolute atomic E-state index is 13.6. The molecule has 33 heavy (non-hydrogen) atoms. The summed E-state index contributed by atoms with van der Waals surface area (Å²) in [4.78, 5) is 28.3. The molecule has 1 atom stereocenters. The lowest BCUT2D eigenvalue weighted by Gasteiger charge is -2.20. The highest BCUT2D eigenvalue weighted by Crippen LogP contribution is 2.43. The monoisotopic (exact) mass is 453 g/mol. The average molecular weight is 454 g/mol. The normalized spacial score (nSPS) is 16.9. The number of hydrogen-bond donors (Lipinski definition) is 1. The Labute approximate surface area is 197 Å². The Morgan fingerprint density at radius 2 is 1.61 bits per heavy atom. The number of nitriles is 1. The molecule has 6 heteroatoms. The predicted molar refractivity (Wildman–Crippen MR) is 133 cm³/mol. The first kappa shape index (κ1) is 22.4. The number of thioether (sulfide) groups is 1. The van der Waals surface area contributed by atoms with E-state index in [9.17, 15) is 14.9 Å². The highest BCUT2D eigenvalue weighted by molar-refractivity contribution is 8.05. The quantitative estimate of drug-likeness (QED) is 0.416. The van der Waals surface area contributed by atoms with Crippen LogP contribution in [0.15, 0.2) is 89.5 Å². The molecule has 1 aliphatic heterocycles. The van der Waals surface area contributed by atoms with Gasteiger partial charge in [-0.3, -0.25) is 14.5 Å². The lowest BCUT2D eigenvalue weighted by atomic mass is 10.1. The molecule has 2 amide bonds. The van der Waals surface area contributed by atoms with Gasteiger partial charge in [0.25, 0.3) is 5.91 Å². The lowest BCUT2D eigenvalue weighted by molar-refractivity contribution is -0.117. The first-order chi connectivity index (χ1) is 16.0. The molecule has 3 aromatic rings. The number of carbonyl (C=O) groups excluding carboxylic acids is 2. The number of nitrogens with zero attached hydrogens (tertiary/aromatic N) is 2. The van der Waals surface area contributed by atoms with Gasteiger partial charge in [-0.15, -0.1) is 0 Å². The molecule has 0 spiro atoms. The first-order valence-electron chi connectivity index (χ1n) is 10.6. The average Bonchev–Trinajstić information content (AvgIpc) is 3.12. The highest BCUT2D eigenvalue weighted by atomic mass is 32.2. The van der Waals surface area contributed by atoms with Crippen LogP contribution >= 0.6 is 11.8 Å². The molecule has 5 nitrogen and oxygen atoms in total. The summed E-state index contributed by atoms with van der Waals surface area (Å²) in [6, 6.07) is 26.7. The second kappa shape index (κ2) is 9.76. The number of amides is 2. The molecule has 4 rings (SSSR count). The fraction of sp³-hybridized carbons (Fsp3) is 0.148. The fourth-order valence-electron chi connectivity index (χ4n) is 3.75. The van der Waals surface area contributed by atoms with Gasteiger partial charge in [0.15, 0.2) is 0 Å². The standard InChI is InChI=1S/C27H23N3O2S/c1-18-10-6-8-14-22(18)29-25(31)21(17-28)27-30(23-15-9-7-11-19(23)2)26(32)24(33-27)16-20-12-4-3-5-13-20/h3-15,24H,16H2,1-2H3,(H,29,31)/b27-21-. The maximum atomic E-state index is 13.6. The Balaban J connectivity index is 1.76. The van der Waals surface area contributed by atoms with E-state index in [4.69, 9.17) is 0 Å². The summed E-state index contributed by atoms with van der Waals surface area (Å²) >= 11 is 1.27. The second-order valence-corrected chi connectivity index (χ2v) is 9.01. The van der Waals surface area contributed by atoms with E-state index in [1.54, 1.807) is 6.07 Å². The maximum Gasteiger partial charge on any atom is 0.269 e. The number of carbonyl (C=O) groups is 2. The molecular formula is C27H23N3O2S. The van der Waals surface area contributed by atoms with Crippen LogP contribution in [0.1, 0.15) is 16.7 Å². The Morgan fingerprint density at radius 3 is 2.27 bits per heavy atom. The van der Waals surface area contributed by atoms with Crippen molar-refractivity contribution >= 4 is 35.0 Å². The van der Waals surface area contributed by atoms with Gasteiger partial charge in [0.2, 0.25) is 5.91 Å². The zero-order valence-corrected chi connectivity index (χ0v) is 19.2. The zero-order chi connectivity index (χ0) is 23.4. The van der Waals surface area contributed by atoms with Crippen LogP contribution in [0.4, 0.5) is 11.4 Å². The van der Waals surface area contributed by atoms with Crippen molar-refractivity contribution in [2.75, 3.05) is 10.2 Å². The minimum atomic E-state index is -0.527. The van der Waals surface area contributed by atoms with E-state index >= 15 is 0 Å². The van der Waals surface area contributed by atoms with Crippen molar-refractivity contribution in [2.24, 2.45) is 0 Å². The Morgan fingerprint density at radius 1 is 0.970 bits per heavy atom. The van der Waals surface area contributed by atoms with Crippen LogP contribution in [0.2, 0.25) is 0 Å². The Bertz CT molecular complexity index is 1280. The number of anilines is 2. The summed E-state index contributed by atoms with van der Waals surface area (Å²) < 4.78 is 0. The van der Waals surface area contributed by atoms with Gasteiger partial charge >= 0.3 is 0 Å². The van der Waals surface area contributed by atoms with Crippen molar-refractivity contribution in [3.8, 4) is 6.07 Å². The van der Waals surface area contributed by atoms with Gasteiger partial charge < -0.3 is 5.32 Å². The van der Waals surface area contributed by atoms with Crippen LogP contribution in [-0.2, 0) is 16.0 Å². The van der Waals surface area contributed by atoms with Gasteiger partial charge in [0.1, 0.15) is 16.7 Å². The molecular weight excluding hydrogens is 430 g/mol. The molecule has 164 valence electrons. The van der Waals surface area contributed by atoms with Gasteiger partial charge in [-0.05, 0) is 49.1 Å². The number of nitrogens with one attached hydrogen (secondary N) is 1. The third-order valence-corrected chi connectivity index (χ3v) is 6.78. The molecule has 1 saturated heterocycles. The number of rotatable bonds is 5. The van der Waals surface area contributed by atoms with Gasteiger partial charge in [-0.25, -0.2) is 0 Å². The molecule has 0 saturated carbocycles. The number of para-hydroxylation sites is 2. The summed E-state index contributed by atoms with van der Waals surface area (Å²) in [7, 11) is 0. The smallest absolute Gasteiger partial charge is 0.269 e.